The predicted molar refractivity (Wildman–Crippen MR) is 91.9 cm³/mol. The van der Waals surface area contributed by atoms with E-state index in [0.717, 1.165) is 5.69 Å². The van der Waals surface area contributed by atoms with Crippen molar-refractivity contribution < 1.29 is 9.59 Å². The Labute approximate surface area is 134 Å². The molecule has 1 unspecified atom stereocenters. The van der Waals surface area contributed by atoms with Gasteiger partial charge in [-0.05, 0) is 31.2 Å². The molecule has 2 aromatic rings. The summed E-state index contributed by atoms with van der Waals surface area (Å²) in [5, 5.41) is 5.64. The van der Waals surface area contributed by atoms with Gasteiger partial charge in [-0.1, -0.05) is 48.6 Å². The molecule has 0 fully saturated rings. The topological polar surface area (TPSA) is 58.2 Å². The van der Waals surface area contributed by atoms with Crippen LogP contribution in [0.5, 0.6) is 0 Å². The number of ketones is 1. The van der Waals surface area contributed by atoms with Gasteiger partial charge in [0.1, 0.15) is 11.7 Å². The number of hydrogen-bond acceptors (Lipinski definition) is 3. The lowest BCUT2D eigenvalue weighted by Gasteiger charge is -2.16. The largest absolute Gasteiger partial charge is 0.349 e. The number of anilines is 2. The Morgan fingerprint density at radius 3 is 1.77 bits per heavy atom. The molecule has 0 spiro atoms. The van der Waals surface area contributed by atoms with E-state index in [1.165, 1.54) is 6.92 Å². The number of hydrogen-bond donors (Lipinski definition) is 2. The van der Waals surface area contributed by atoms with E-state index < -0.39 is 11.8 Å². The Bertz CT molecular complexity index is 618. The number of nitrogens with one attached hydrogen (secondary N) is 2. The first kappa shape index (κ1) is 15.9. The highest BCUT2D eigenvalue weighted by molar-refractivity contribution is 7.80. The lowest BCUT2D eigenvalue weighted by Crippen LogP contribution is -2.37. The summed E-state index contributed by atoms with van der Waals surface area (Å²) in [6.07, 6.45) is 0. The van der Waals surface area contributed by atoms with E-state index >= 15 is 0 Å². The Morgan fingerprint density at radius 2 is 1.32 bits per heavy atom. The number of para-hydroxylation sites is 2. The van der Waals surface area contributed by atoms with Gasteiger partial charge in [0.25, 0.3) is 0 Å². The quantitative estimate of drug-likeness (QED) is 0.657. The number of amides is 1. The number of thiocarbonyl (C=S) groups is 1. The van der Waals surface area contributed by atoms with Crippen molar-refractivity contribution in [2.24, 2.45) is 5.92 Å². The first-order valence-corrected chi connectivity index (χ1v) is 7.21. The average Bonchev–Trinajstić information content (AvgIpc) is 2.48. The van der Waals surface area contributed by atoms with Gasteiger partial charge in [-0.15, -0.1) is 0 Å². The van der Waals surface area contributed by atoms with Crippen molar-refractivity contribution in [1.82, 2.24) is 0 Å². The van der Waals surface area contributed by atoms with Crippen molar-refractivity contribution in [1.29, 1.82) is 0 Å². The molecule has 2 rings (SSSR count). The Hall–Kier alpha value is -2.53. The molecule has 112 valence electrons. The van der Waals surface area contributed by atoms with Crippen LogP contribution in [0.2, 0.25) is 0 Å². The normalized spacial score (nSPS) is 11.3. The second-order valence-electron chi connectivity index (χ2n) is 4.75. The molecule has 22 heavy (non-hydrogen) atoms. The van der Waals surface area contributed by atoms with E-state index in [1.807, 2.05) is 36.4 Å². The van der Waals surface area contributed by atoms with Crippen molar-refractivity contribution in [3.8, 4) is 0 Å². The number of Topliss-reactive ketones (excluding diaryl/α,β-unsaturated/α-hetero) is 1. The third kappa shape index (κ3) is 4.23. The molecule has 0 aliphatic carbocycles. The molecule has 0 saturated heterocycles. The molecule has 0 saturated carbocycles. The number of benzene rings is 2. The smallest absolute Gasteiger partial charge is 0.241 e. The molecule has 0 aliphatic heterocycles. The number of carbonyl (C=O) groups is 2. The van der Waals surface area contributed by atoms with Gasteiger partial charge in [0.05, 0.1) is 4.99 Å². The van der Waals surface area contributed by atoms with Crippen LogP contribution in [0.3, 0.4) is 0 Å². The molecule has 1 atom stereocenters. The Balaban J connectivity index is 2.10. The lowest BCUT2D eigenvalue weighted by molar-refractivity contribution is -0.126. The van der Waals surface area contributed by atoms with Crippen LogP contribution in [0.15, 0.2) is 60.7 Å². The summed E-state index contributed by atoms with van der Waals surface area (Å²) >= 11 is 5.23. The summed E-state index contributed by atoms with van der Waals surface area (Å²) < 4.78 is 0. The van der Waals surface area contributed by atoms with Crippen molar-refractivity contribution in [2.45, 2.75) is 6.92 Å². The van der Waals surface area contributed by atoms with Gasteiger partial charge in [0.15, 0.2) is 0 Å². The molecule has 0 radical (unpaired) electrons. The average molecular weight is 312 g/mol. The summed E-state index contributed by atoms with van der Waals surface area (Å²) in [5.74, 6) is -1.76. The van der Waals surface area contributed by atoms with E-state index in [0.29, 0.717) is 5.69 Å². The first-order valence-electron chi connectivity index (χ1n) is 6.80. The summed E-state index contributed by atoms with van der Waals surface area (Å²) in [4.78, 5) is 24.3. The molecular formula is C17H16N2O2S. The van der Waals surface area contributed by atoms with Crippen molar-refractivity contribution in [3.05, 3.63) is 60.7 Å². The van der Waals surface area contributed by atoms with E-state index in [4.69, 9.17) is 12.2 Å². The molecule has 0 heterocycles. The molecule has 2 N–H and O–H groups in total. The third-order valence-corrected chi connectivity index (χ3v) is 3.35. The van der Waals surface area contributed by atoms with Crippen LogP contribution in [0.25, 0.3) is 0 Å². The highest BCUT2D eigenvalue weighted by Gasteiger charge is 2.28. The molecule has 0 aliphatic rings. The number of carbonyl (C=O) groups excluding carboxylic acids is 2. The minimum atomic E-state index is -1.02. The molecule has 5 heteroatoms. The molecule has 0 aromatic heterocycles. The maximum absolute atomic E-state index is 12.3. The van der Waals surface area contributed by atoms with E-state index in [2.05, 4.69) is 10.6 Å². The van der Waals surface area contributed by atoms with Crippen molar-refractivity contribution >= 4 is 40.3 Å². The zero-order valence-electron chi connectivity index (χ0n) is 12.1. The highest BCUT2D eigenvalue weighted by Crippen LogP contribution is 2.13. The van der Waals surface area contributed by atoms with Gasteiger partial charge in [-0.2, -0.15) is 0 Å². The highest BCUT2D eigenvalue weighted by atomic mass is 32.1. The third-order valence-electron chi connectivity index (χ3n) is 3.01. The molecular weight excluding hydrogens is 296 g/mol. The van der Waals surface area contributed by atoms with Crippen LogP contribution >= 0.6 is 12.2 Å². The second kappa shape index (κ2) is 7.47. The van der Waals surface area contributed by atoms with Crippen LogP contribution < -0.4 is 10.6 Å². The summed E-state index contributed by atoms with van der Waals surface area (Å²) in [7, 11) is 0. The molecule has 0 bridgehead atoms. The van der Waals surface area contributed by atoms with Crippen LogP contribution in [0, 0.1) is 5.92 Å². The van der Waals surface area contributed by atoms with E-state index in [1.54, 1.807) is 24.3 Å². The summed E-state index contributed by atoms with van der Waals surface area (Å²) in [6, 6.07) is 18.2. The predicted octanol–water partition coefficient (Wildman–Crippen LogP) is 3.27. The standard InChI is InChI=1S/C17H16N2O2S/c1-12(20)15(16(21)18-13-8-4-2-5-9-13)17(22)19-14-10-6-3-7-11-14/h2-11,15H,1H3,(H,18,21)(H,19,22). The maximum Gasteiger partial charge on any atom is 0.241 e. The van der Waals surface area contributed by atoms with Crippen LogP contribution in [-0.4, -0.2) is 16.7 Å². The van der Waals surface area contributed by atoms with Gasteiger partial charge >= 0.3 is 0 Å². The maximum atomic E-state index is 12.3. The second-order valence-corrected chi connectivity index (χ2v) is 5.19. The fourth-order valence-corrected chi connectivity index (χ4v) is 2.35. The van der Waals surface area contributed by atoms with Gasteiger partial charge in [-0.3, -0.25) is 9.59 Å². The van der Waals surface area contributed by atoms with Gasteiger partial charge in [0, 0.05) is 11.4 Å². The fourth-order valence-electron chi connectivity index (χ4n) is 1.96. The summed E-state index contributed by atoms with van der Waals surface area (Å²) in [6.45, 7) is 1.36. The van der Waals surface area contributed by atoms with Crippen LogP contribution in [0.4, 0.5) is 11.4 Å². The van der Waals surface area contributed by atoms with E-state index in [9.17, 15) is 9.59 Å². The number of rotatable bonds is 5. The minimum absolute atomic E-state index is 0.187. The van der Waals surface area contributed by atoms with Crippen LogP contribution in [-0.2, 0) is 9.59 Å². The Kier molecular flexibility index (Phi) is 5.38. The SMILES string of the molecule is CC(=O)C(C(=O)Nc1ccccc1)C(=S)Nc1ccccc1. The summed E-state index contributed by atoms with van der Waals surface area (Å²) in [5.41, 5.74) is 1.37. The monoisotopic (exact) mass is 312 g/mol. The zero-order chi connectivity index (χ0) is 15.9. The van der Waals surface area contributed by atoms with Crippen molar-refractivity contribution in [2.75, 3.05) is 10.6 Å². The first-order chi connectivity index (χ1) is 10.6. The zero-order valence-corrected chi connectivity index (χ0v) is 12.9. The Morgan fingerprint density at radius 1 is 0.864 bits per heavy atom. The van der Waals surface area contributed by atoms with E-state index in [-0.39, 0.29) is 10.8 Å². The van der Waals surface area contributed by atoms with Crippen molar-refractivity contribution in [3.63, 3.8) is 0 Å². The van der Waals surface area contributed by atoms with Gasteiger partial charge in [-0.25, -0.2) is 0 Å². The fraction of sp³-hybridized carbons (Fsp3) is 0.118. The molecule has 1 amide bonds. The van der Waals surface area contributed by atoms with Gasteiger partial charge < -0.3 is 10.6 Å². The molecule has 4 nitrogen and oxygen atoms in total. The molecule has 2 aromatic carbocycles. The van der Waals surface area contributed by atoms with Crippen LogP contribution in [0.1, 0.15) is 6.92 Å². The minimum Gasteiger partial charge on any atom is -0.349 e. The van der Waals surface area contributed by atoms with Gasteiger partial charge in [0.2, 0.25) is 5.91 Å². The lowest BCUT2D eigenvalue weighted by atomic mass is 10.0.